The van der Waals surface area contributed by atoms with E-state index in [0.717, 1.165) is 5.56 Å². The molecule has 2 aromatic carbocycles. The minimum Gasteiger partial charge on any atom is -0.496 e. The zero-order valence-electron chi connectivity index (χ0n) is 14.5. The second kappa shape index (κ2) is 8.92. The Hall–Kier alpha value is -2.76. The molecule has 0 aliphatic rings. The SMILES string of the molecule is COc1ccc(F)cc1COC(=O)CCc1cccc(OC)c1OC. The third-order valence-electron chi connectivity index (χ3n) is 3.71. The van der Waals surface area contributed by atoms with Crippen molar-refractivity contribution in [1.29, 1.82) is 0 Å². The number of carbonyl (C=O) groups excluding carboxylic acids is 1. The summed E-state index contributed by atoms with van der Waals surface area (Å²) in [4.78, 5) is 12.0. The molecule has 0 bridgehead atoms. The summed E-state index contributed by atoms with van der Waals surface area (Å²) in [5, 5.41) is 0. The van der Waals surface area contributed by atoms with Crippen LogP contribution in [0.2, 0.25) is 0 Å². The van der Waals surface area contributed by atoms with E-state index >= 15 is 0 Å². The molecular formula is C19H21FO5. The fourth-order valence-corrected chi connectivity index (χ4v) is 2.48. The lowest BCUT2D eigenvalue weighted by molar-refractivity contribution is -0.144. The third-order valence-corrected chi connectivity index (χ3v) is 3.71. The van der Waals surface area contributed by atoms with Crippen molar-refractivity contribution in [3.05, 3.63) is 53.3 Å². The minimum atomic E-state index is -0.409. The largest absolute Gasteiger partial charge is 0.496 e. The Morgan fingerprint density at radius 1 is 0.960 bits per heavy atom. The van der Waals surface area contributed by atoms with E-state index in [0.29, 0.717) is 29.2 Å². The molecule has 0 unspecified atom stereocenters. The van der Waals surface area contributed by atoms with E-state index in [-0.39, 0.29) is 13.0 Å². The van der Waals surface area contributed by atoms with E-state index in [1.165, 1.54) is 25.3 Å². The molecule has 6 heteroatoms. The van der Waals surface area contributed by atoms with Gasteiger partial charge in [0.25, 0.3) is 0 Å². The monoisotopic (exact) mass is 348 g/mol. The molecule has 25 heavy (non-hydrogen) atoms. The minimum absolute atomic E-state index is 0.0466. The lowest BCUT2D eigenvalue weighted by Crippen LogP contribution is -2.07. The van der Waals surface area contributed by atoms with Crippen molar-refractivity contribution in [1.82, 2.24) is 0 Å². The molecule has 0 fully saturated rings. The molecule has 0 radical (unpaired) electrons. The van der Waals surface area contributed by atoms with Crippen molar-refractivity contribution in [3.8, 4) is 17.2 Å². The fourth-order valence-electron chi connectivity index (χ4n) is 2.48. The van der Waals surface area contributed by atoms with Crippen molar-refractivity contribution in [3.63, 3.8) is 0 Å². The van der Waals surface area contributed by atoms with Gasteiger partial charge in [-0.25, -0.2) is 4.39 Å². The summed E-state index contributed by atoms with van der Waals surface area (Å²) in [6.45, 7) is -0.0466. The Morgan fingerprint density at radius 2 is 1.72 bits per heavy atom. The summed E-state index contributed by atoms with van der Waals surface area (Å²) < 4.78 is 34.2. The first kappa shape index (κ1) is 18.6. The van der Waals surface area contributed by atoms with E-state index in [2.05, 4.69) is 0 Å². The molecule has 0 atom stereocenters. The molecule has 0 aromatic heterocycles. The topological polar surface area (TPSA) is 54.0 Å². The van der Waals surface area contributed by atoms with Gasteiger partial charge in [-0.05, 0) is 36.2 Å². The van der Waals surface area contributed by atoms with Gasteiger partial charge in [-0.3, -0.25) is 4.79 Å². The van der Waals surface area contributed by atoms with E-state index in [1.807, 2.05) is 12.1 Å². The normalized spacial score (nSPS) is 10.2. The molecule has 2 rings (SSSR count). The number of rotatable bonds is 8. The van der Waals surface area contributed by atoms with Crippen molar-refractivity contribution < 1.29 is 28.1 Å². The van der Waals surface area contributed by atoms with Gasteiger partial charge >= 0.3 is 5.97 Å². The standard InChI is InChI=1S/C19H21FO5/c1-22-16-9-8-15(20)11-14(16)12-25-18(21)10-7-13-5-4-6-17(23-2)19(13)24-3/h4-6,8-9,11H,7,10,12H2,1-3H3. The lowest BCUT2D eigenvalue weighted by Gasteiger charge is -2.12. The number of para-hydroxylation sites is 1. The van der Waals surface area contributed by atoms with Crippen molar-refractivity contribution in [2.24, 2.45) is 0 Å². The number of aryl methyl sites for hydroxylation is 1. The Balaban J connectivity index is 1.95. The van der Waals surface area contributed by atoms with Gasteiger partial charge in [0.05, 0.1) is 21.3 Å². The van der Waals surface area contributed by atoms with E-state index in [9.17, 15) is 9.18 Å². The molecule has 0 spiro atoms. The van der Waals surface area contributed by atoms with Gasteiger partial charge in [0.15, 0.2) is 11.5 Å². The summed E-state index contributed by atoms with van der Waals surface area (Å²) in [5.74, 6) is 0.885. The van der Waals surface area contributed by atoms with E-state index in [4.69, 9.17) is 18.9 Å². The molecule has 0 saturated carbocycles. The Labute approximate surface area is 146 Å². The van der Waals surface area contributed by atoms with Gasteiger partial charge in [0.1, 0.15) is 18.2 Å². The number of hydrogen-bond acceptors (Lipinski definition) is 5. The summed E-state index contributed by atoms with van der Waals surface area (Å²) in [5.41, 5.74) is 1.33. The highest BCUT2D eigenvalue weighted by molar-refractivity contribution is 5.70. The van der Waals surface area contributed by atoms with Gasteiger partial charge in [-0.2, -0.15) is 0 Å². The van der Waals surface area contributed by atoms with Crippen molar-refractivity contribution in [2.75, 3.05) is 21.3 Å². The number of hydrogen-bond donors (Lipinski definition) is 0. The highest BCUT2D eigenvalue weighted by Crippen LogP contribution is 2.31. The van der Waals surface area contributed by atoms with Gasteiger partial charge in [0, 0.05) is 12.0 Å². The molecule has 0 aliphatic heterocycles. The van der Waals surface area contributed by atoms with Gasteiger partial charge in [0.2, 0.25) is 0 Å². The molecule has 2 aromatic rings. The molecule has 0 aliphatic carbocycles. The van der Waals surface area contributed by atoms with Crippen LogP contribution in [0.1, 0.15) is 17.5 Å². The highest BCUT2D eigenvalue weighted by atomic mass is 19.1. The Bertz CT molecular complexity index is 730. The predicted octanol–water partition coefficient (Wildman–Crippen LogP) is 3.53. The summed E-state index contributed by atoms with van der Waals surface area (Å²) >= 11 is 0. The van der Waals surface area contributed by atoms with Gasteiger partial charge < -0.3 is 18.9 Å². The van der Waals surface area contributed by atoms with E-state index in [1.54, 1.807) is 20.3 Å². The zero-order valence-corrected chi connectivity index (χ0v) is 14.5. The maximum Gasteiger partial charge on any atom is 0.306 e. The first-order valence-corrected chi connectivity index (χ1v) is 7.77. The van der Waals surface area contributed by atoms with Crippen LogP contribution < -0.4 is 14.2 Å². The average molecular weight is 348 g/mol. The van der Waals surface area contributed by atoms with Crippen LogP contribution >= 0.6 is 0 Å². The quantitative estimate of drug-likeness (QED) is 0.683. The first-order valence-electron chi connectivity index (χ1n) is 7.77. The number of esters is 1. The molecule has 0 heterocycles. The number of methoxy groups -OCH3 is 3. The number of halogens is 1. The maximum absolute atomic E-state index is 13.3. The average Bonchev–Trinajstić information content (AvgIpc) is 2.64. The summed E-state index contributed by atoms with van der Waals surface area (Å²) in [7, 11) is 4.59. The predicted molar refractivity (Wildman–Crippen MR) is 90.6 cm³/mol. The fraction of sp³-hybridized carbons (Fsp3) is 0.316. The number of carbonyl (C=O) groups is 1. The van der Waals surface area contributed by atoms with Gasteiger partial charge in [-0.1, -0.05) is 12.1 Å². The van der Waals surface area contributed by atoms with Crippen LogP contribution in [0.15, 0.2) is 36.4 Å². The van der Waals surface area contributed by atoms with E-state index < -0.39 is 11.8 Å². The zero-order chi connectivity index (χ0) is 18.2. The Morgan fingerprint density at radius 3 is 2.40 bits per heavy atom. The second-order valence-corrected chi connectivity index (χ2v) is 5.27. The van der Waals surface area contributed by atoms with Crippen LogP contribution in [0.5, 0.6) is 17.2 Å². The van der Waals surface area contributed by atoms with Crippen molar-refractivity contribution >= 4 is 5.97 Å². The summed E-state index contributed by atoms with van der Waals surface area (Å²) in [6, 6.07) is 9.57. The lowest BCUT2D eigenvalue weighted by atomic mass is 10.1. The smallest absolute Gasteiger partial charge is 0.306 e. The highest BCUT2D eigenvalue weighted by Gasteiger charge is 2.13. The number of benzene rings is 2. The molecule has 0 amide bonds. The maximum atomic E-state index is 13.3. The molecule has 0 N–H and O–H groups in total. The summed E-state index contributed by atoms with van der Waals surface area (Å²) in [6.07, 6.45) is 0.612. The van der Waals surface area contributed by atoms with Crippen LogP contribution in [0.25, 0.3) is 0 Å². The number of ether oxygens (including phenoxy) is 4. The third kappa shape index (κ3) is 4.86. The molecule has 134 valence electrons. The van der Waals surface area contributed by atoms with Crippen LogP contribution in [-0.4, -0.2) is 27.3 Å². The van der Waals surface area contributed by atoms with Crippen molar-refractivity contribution in [2.45, 2.75) is 19.4 Å². The van der Waals surface area contributed by atoms with Crippen LogP contribution in [0.4, 0.5) is 4.39 Å². The molecule has 5 nitrogen and oxygen atoms in total. The first-order chi connectivity index (χ1) is 12.1. The van der Waals surface area contributed by atoms with Crippen LogP contribution in [0.3, 0.4) is 0 Å². The van der Waals surface area contributed by atoms with Crippen LogP contribution in [-0.2, 0) is 22.6 Å². The van der Waals surface area contributed by atoms with Crippen LogP contribution in [0, 0.1) is 5.82 Å². The molecular weight excluding hydrogens is 327 g/mol. The van der Waals surface area contributed by atoms with Gasteiger partial charge in [-0.15, -0.1) is 0 Å². The molecule has 0 saturated heterocycles. The Kier molecular flexibility index (Phi) is 6.62. The second-order valence-electron chi connectivity index (χ2n) is 5.27.